The maximum atomic E-state index is 12.6. The Bertz CT molecular complexity index is 930. The van der Waals surface area contributed by atoms with Gasteiger partial charge in [0.1, 0.15) is 4.90 Å². The predicted molar refractivity (Wildman–Crippen MR) is 93.2 cm³/mol. The van der Waals surface area contributed by atoms with E-state index in [4.69, 9.17) is 27.5 Å². The second-order valence-electron chi connectivity index (χ2n) is 5.19. The van der Waals surface area contributed by atoms with Gasteiger partial charge in [-0.15, -0.1) is 0 Å². The van der Waals surface area contributed by atoms with Gasteiger partial charge in [0.2, 0.25) is 5.90 Å². The standard InChI is InChI=1S/C15H11ClF5N3O2S/c16-11-5-1-9(2-6-11)13(22)26-15(23)24-14(25)10-3-7-12(8-4-10)27(17,18,19,20)21/h1-8,22H,(H2,23,24,25). The summed E-state index contributed by atoms with van der Waals surface area (Å²) in [5.41, 5.74) is 5.21. The number of carbonyl (C=O) groups excluding carboxylic acids is 1. The molecule has 0 aliphatic heterocycles. The second kappa shape index (κ2) is 6.20. The van der Waals surface area contributed by atoms with Gasteiger partial charge >= 0.3 is 10.2 Å². The van der Waals surface area contributed by atoms with Crippen LogP contribution in [0.25, 0.3) is 0 Å². The Morgan fingerprint density at radius 1 is 0.963 bits per heavy atom. The van der Waals surface area contributed by atoms with E-state index >= 15 is 0 Å². The van der Waals surface area contributed by atoms with Gasteiger partial charge in [-0.1, -0.05) is 31.0 Å². The first kappa shape index (κ1) is 20.6. The van der Waals surface area contributed by atoms with Crippen LogP contribution in [0.4, 0.5) is 19.4 Å². The first-order chi connectivity index (χ1) is 12.2. The van der Waals surface area contributed by atoms with Crippen molar-refractivity contribution in [3.63, 3.8) is 0 Å². The summed E-state index contributed by atoms with van der Waals surface area (Å²) < 4.78 is 68.0. The molecular formula is C15H11ClF5N3O2S. The van der Waals surface area contributed by atoms with Crippen molar-refractivity contribution in [3.8, 4) is 0 Å². The lowest BCUT2D eigenvalue weighted by atomic mass is 10.2. The summed E-state index contributed by atoms with van der Waals surface area (Å²) in [6.45, 7) is 0. The van der Waals surface area contributed by atoms with Gasteiger partial charge in [-0.25, -0.2) is 0 Å². The maximum Gasteiger partial charge on any atom is 0.310 e. The number of hydrogen-bond donors (Lipinski definition) is 2. The van der Waals surface area contributed by atoms with Crippen LogP contribution in [0.3, 0.4) is 0 Å². The molecule has 0 spiro atoms. The summed E-state index contributed by atoms with van der Waals surface area (Å²) >= 11 is 5.70. The Labute approximate surface area is 154 Å². The van der Waals surface area contributed by atoms with E-state index in [0.717, 1.165) is 0 Å². The minimum atomic E-state index is -9.83. The smallest absolute Gasteiger partial charge is 0.310 e. The van der Waals surface area contributed by atoms with Crippen LogP contribution in [-0.2, 0) is 4.74 Å². The van der Waals surface area contributed by atoms with Crippen LogP contribution in [0.5, 0.6) is 0 Å². The van der Waals surface area contributed by atoms with Crippen LogP contribution in [0.1, 0.15) is 15.9 Å². The number of nitrogens with two attached hydrogens (primary N) is 1. The predicted octanol–water partition coefficient (Wildman–Crippen LogP) is 5.49. The second-order valence-corrected chi connectivity index (χ2v) is 8.03. The molecule has 2 aromatic carbocycles. The molecule has 0 unspecified atom stereocenters. The number of benzene rings is 2. The average molecular weight is 428 g/mol. The van der Waals surface area contributed by atoms with Crippen molar-refractivity contribution >= 4 is 39.7 Å². The molecule has 0 aromatic heterocycles. The zero-order valence-corrected chi connectivity index (χ0v) is 14.7. The largest absolute Gasteiger partial charge is 0.407 e. The fraction of sp³-hybridized carbons (Fsp3) is 0. The molecule has 0 radical (unpaired) electrons. The summed E-state index contributed by atoms with van der Waals surface area (Å²) in [5.74, 6) is -1.60. The molecule has 3 N–H and O–H groups in total. The fourth-order valence-electron chi connectivity index (χ4n) is 1.81. The molecule has 27 heavy (non-hydrogen) atoms. The highest BCUT2D eigenvalue weighted by Crippen LogP contribution is 3.02. The molecule has 0 fully saturated rings. The monoisotopic (exact) mass is 427 g/mol. The van der Waals surface area contributed by atoms with Gasteiger partial charge in [0, 0.05) is 16.1 Å². The van der Waals surface area contributed by atoms with Crippen molar-refractivity contribution in [2.24, 2.45) is 10.7 Å². The van der Waals surface area contributed by atoms with E-state index in [-0.39, 0.29) is 17.7 Å². The average Bonchev–Trinajstić information content (AvgIpc) is 2.53. The molecule has 0 atom stereocenters. The molecule has 0 aliphatic rings. The Hall–Kier alpha value is -2.66. The molecule has 2 aromatic rings. The van der Waals surface area contributed by atoms with E-state index in [2.05, 4.69) is 4.99 Å². The molecule has 1 amide bonds. The van der Waals surface area contributed by atoms with Crippen molar-refractivity contribution in [2.45, 2.75) is 4.90 Å². The van der Waals surface area contributed by atoms with Gasteiger partial charge in [0.25, 0.3) is 11.9 Å². The summed E-state index contributed by atoms with van der Waals surface area (Å²) in [6, 6.07) is 6.33. The minimum absolute atomic E-state index is 0.0805. The van der Waals surface area contributed by atoms with E-state index in [9.17, 15) is 24.2 Å². The number of amides is 1. The highest BCUT2D eigenvalue weighted by molar-refractivity contribution is 8.45. The molecule has 0 heterocycles. The number of hydrogen-bond acceptors (Lipinski definition) is 3. The lowest BCUT2D eigenvalue weighted by molar-refractivity contribution is 0.100. The zero-order chi connectivity index (χ0) is 20.5. The molecule has 0 aliphatic carbocycles. The number of nitrogens with zero attached hydrogens (tertiary/aromatic N) is 1. The summed E-state index contributed by atoms with van der Waals surface area (Å²) in [6.07, 6.45) is 0. The SMILES string of the molecule is N=C(OC(N)=NC(=O)c1ccc(S(F)(F)(F)(F)F)cc1)c1ccc(Cl)cc1. The number of rotatable bonds is 3. The number of ether oxygens (including phenoxy) is 1. The summed E-state index contributed by atoms with van der Waals surface area (Å²) in [5, 5.41) is 8.09. The number of aliphatic imine (C=N–C) groups is 1. The summed E-state index contributed by atoms with van der Waals surface area (Å²) in [4.78, 5) is 13.0. The molecular weight excluding hydrogens is 417 g/mol. The van der Waals surface area contributed by atoms with Crippen molar-refractivity contribution in [1.82, 2.24) is 0 Å². The van der Waals surface area contributed by atoms with Gasteiger partial charge in [-0.05, 0) is 48.5 Å². The van der Waals surface area contributed by atoms with E-state index in [0.29, 0.717) is 17.2 Å². The third-order valence-corrected chi connectivity index (χ3v) is 4.49. The lowest BCUT2D eigenvalue weighted by Crippen LogP contribution is -2.22. The van der Waals surface area contributed by atoms with Crippen LogP contribution >= 0.6 is 21.8 Å². The zero-order valence-electron chi connectivity index (χ0n) is 13.1. The molecule has 2 rings (SSSR count). The topological polar surface area (TPSA) is 88.5 Å². The lowest BCUT2D eigenvalue weighted by Gasteiger charge is -2.40. The first-order valence-corrected chi connectivity index (χ1v) is 9.23. The summed E-state index contributed by atoms with van der Waals surface area (Å²) in [7, 11) is -9.83. The van der Waals surface area contributed by atoms with Gasteiger partial charge in [0.05, 0.1) is 0 Å². The Balaban J connectivity index is 2.13. The van der Waals surface area contributed by atoms with E-state index in [1.165, 1.54) is 24.3 Å². The third-order valence-electron chi connectivity index (χ3n) is 3.07. The Morgan fingerprint density at radius 2 is 1.44 bits per heavy atom. The molecule has 0 saturated carbocycles. The fourth-order valence-corrected chi connectivity index (χ4v) is 2.58. The van der Waals surface area contributed by atoms with Crippen molar-refractivity contribution in [3.05, 3.63) is 64.7 Å². The Morgan fingerprint density at radius 3 is 1.93 bits per heavy atom. The van der Waals surface area contributed by atoms with Gasteiger partial charge in [-0.3, -0.25) is 10.2 Å². The Kier molecular flexibility index (Phi) is 4.74. The maximum absolute atomic E-state index is 12.6. The number of carbonyl (C=O) groups is 1. The third kappa shape index (κ3) is 5.66. The van der Waals surface area contributed by atoms with Crippen LogP contribution in [0.15, 0.2) is 58.4 Å². The minimum Gasteiger partial charge on any atom is -0.407 e. The van der Waals surface area contributed by atoms with Crippen LogP contribution in [0, 0.1) is 5.41 Å². The van der Waals surface area contributed by atoms with Gasteiger partial charge in [0.15, 0.2) is 0 Å². The highest BCUT2D eigenvalue weighted by atomic mass is 35.5. The molecule has 5 nitrogen and oxygen atoms in total. The quantitative estimate of drug-likeness (QED) is 0.385. The normalized spacial score (nSPS) is 14.8. The van der Waals surface area contributed by atoms with Gasteiger partial charge in [-0.2, -0.15) is 4.99 Å². The first-order valence-electron chi connectivity index (χ1n) is 6.91. The van der Waals surface area contributed by atoms with E-state index in [1.807, 2.05) is 0 Å². The van der Waals surface area contributed by atoms with Gasteiger partial charge < -0.3 is 10.5 Å². The number of halogens is 6. The number of amidine groups is 1. The molecule has 0 saturated heterocycles. The molecule has 146 valence electrons. The van der Waals surface area contributed by atoms with Crippen molar-refractivity contribution in [2.75, 3.05) is 0 Å². The number of nitrogens with one attached hydrogen (secondary N) is 1. The van der Waals surface area contributed by atoms with Crippen LogP contribution < -0.4 is 5.73 Å². The van der Waals surface area contributed by atoms with Crippen LogP contribution in [0.2, 0.25) is 5.02 Å². The van der Waals surface area contributed by atoms with Crippen molar-refractivity contribution < 1.29 is 29.0 Å². The molecule has 12 heteroatoms. The highest BCUT2D eigenvalue weighted by Gasteiger charge is 2.65. The van der Waals surface area contributed by atoms with Crippen LogP contribution in [-0.4, -0.2) is 17.8 Å². The van der Waals surface area contributed by atoms with Crippen molar-refractivity contribution in [1.29, 1.82) is 5.41 Å². The molecule has 0 bridgehead atoms. The van der Waals surface area contributed by atoms with E-state index < -0.39 is 38.5 Å². The van der Waals surface area contributed by atoms with E-state index in [1.54, 1.807) is 0 Å².